The highest BCUT2D eigenvalue weighted by Crippen LogP contribution is 2.30. The predicted molar refractivity (Wildman–Crippen MR) is 59.7 cm³/mol. The van der Waals surface area contributed by atoms with Gasteiger partial charge in [0.15, 0.2) is 0 Å². The third kappa shape index (κ3) is 2.64. The third-order valence-electron chi connectivity index (χ3n) is 3.38. The summed E-state index contributed by atoms with van der Waals surface area (Å²) in [6.07, 6.45) is 0.881. The standard InChI is InChI=1S/C13H16F2O2/c1-13(5-2-6-17-13)12(16)8-9-7-10(14)3-4-11(9)15/h3-4,7,12,16H,2,5-6,8H2,1H3. The predicted octanol–water partition coefficient (Wildman–Crippen LogP) is 2.44. The summed E-state index contributed by atoms with van der Waals surface area (Å²) in [5, 5.41) is 10.1. The highest BCUT2D eigenvalue weighted by Gasteiger charge is 2.37. The first kappa shape index (κ1) is 12.5. The van der Waals surface area contributed by atoms with Crippen LogP contribution in [0, 0.1) is 11.6 Å². The van der Waals surface area contributed by atoms with E-state index < -0.39 is 23.3 Å². The zero-order valence-corrected chi connectivity index (χ0v) is 9.75. The summed E-state index contributed by atoms with van der Waals surface area (Å²) in [5.74, 6) is -0.988. The van der Waals surface area contributed by atoms with Gasteiger partial charge in [0.05, 0.1) is 11.7 Å². The molecule has 2 rings (SSSR count). The van der Waals surface area contributed by atoms with Crippen LogP contribution in [0.3, 0.4) is 0 Å². The van der Waals surface area contributed by atoms with Crippen molar-refractivity contribution in [1.82, 2.24) is 0 Å². The molecule has 1 aliphatic heterocycles. The van der Waals surface area contributed by atoms with Crippen LogP contribution in [0.2, 0.25) is 0 Å². The fourth-order valence-corrected chi connectivity index (χ4v) is 2.19. The van der Waals surface area contributed by atoms with Crippen LogP contribution < -0.4 is 0 Å². The van der Waals surface area contributed by atoms with Gasteiger partial charge < -0.3 is 9.84 Å². The normalized spacial score (nSPS) is 26.1. The number of aliphatic hydroxyl groups is 1. The van der Waals surface area contributed by atoms with Crippen molar-refractivity contribution in [2.75, 3.05) is 6.61 Å². The molecule has 2 nitrogen and oxygen atoms in total. The topological polar surface area (TPSA) is 29.5 Å². The average Bonchev–Trinajstić information content (AvgIpc) is 2.72. The molecule has 94 valence electrons. The molecule has 0 spiro atoms. The maximum Gasteiger partial charge on any atom is 0.126 e. The summed E-state index contributed by atoms with van der Waals surface area (Å²) in [5.41, 5.74) is -0.451. The van der Waals surface area contributed by atoms with Crippen molar-refractivity contribution in [1.29, 1.82) is 0 Å². The molecule has 2 atom stereocenters. The molecule has 0 saturated carbocycles. The van der Waals surface area contributed by atoms with E-state index >= 15 is 0 Å². The molecule has 1 aromatic carbocycles. The van der Waals surface area contributed by atoms with Gasteiger partial charge in [0.25, 0.3) is 0 Å². The van der Waals surface area contributed by atoms with Gasteiger partial charge in [-0.05, 0) is 43.5 Å². The van der Waals surface area contributed by atoms with Gasteiger partial charge in [0, 0.05) is 13.0 Å². The van der Waals surface area contributed by atoms with Gasteiger partial charge in [-0.3, -0.25) is 0 Å². The maximum absolute atomic E-state index is 13.4. The summed E-state index contributed by atoms with van der Waals surface area (Å²) in [6.45, 7) is 2.42. The van der Waals surface area contributed by atoms with Gasteiger partial charge >= 0.3 is 0 Å². The Kier molecular flexibility index (Phi) is 3.45. The van der Waals surface area contributed by atoms with Crippen molar-refractivity contribution in [2.45, 2.75) is 37.9 Å². The molecule has 0 aromatic heterocycles. The summed E-state index contributed by atoms with van der Waals surface area (Å²) in [4.78, 5) is 0. The van der Waals surface area contributed by atoms with Crippen LogP contribution in [-0.4, -0.2) is 23.4 Å². The van der Waals surface area contributed by atoms with Crippen molar-refractivity contribution < 1.29 is 18.6 Å². The minimum Gasteiger partial charge on any atom is -0.390 e. The Morgan fingerprint density at radius 1 is 1.47 bits per heavy atom. The van der Waals surface area contributed by atoms with Crippen molar-refractivity contribution in [3.63, 3.8) is 0 Å². The number of hydrogen-bond acceptors (Lipinski definition) is 2. The molecule has 1 saturated heterocycles. The molecule has 0 aliphatic carbocycles. The van der Waals surface area contributed by atoms with Crippen LogP contribution in [0.4, 0.5) is 8.78 Å². The van der Waals surface area contributed by atoms with Gasteiger partial charge in [-0.15, -0.1) is 0 Å². The van der Waals surface area contributed by atoms with Crippen LogP contribution in [0.25, 0.3) is 0 Å². The first-order chi connectivity index (χ1) is 8.01. The Hall–Kier alpha value is -1.00. The molecule has 1 fully saturated rings. The van der Waals surface area contributed by atoms with Gasteiger partial charge in [0.1, 0.15) is 11.6 Å². The molecule has 0 radical (unpaired) electrons. The Morgan fingerprint density at radius 3 is 2.88 bits per heavy atom. The first-order valence-corrected chi connectivity index (χ1v) is 5.77. The number of benzene rings is 1. The quantitative estimate of drug-likeness (QED) is 0.882. The van der Waals surface area contributed by atoms with Gasteiger partial charge in [-0.2, -0.15) is 0 Å². The zero-order chi connectivity index (χ0) is 12.5. The van der Waals surface area contributed by atoms with Gasteiger partial charge in [-0.1, -0.05) is 0 Å². The van der Waals surface area contributed by atoms with Crippen molar-refractivity contribution in [3.05, 3.63) is 35.4 Å². The monoisotopic (exact) mass is 242 g/mol. The molecule has 17 heavy (non-hydrogen) atoms. The third-order valence-corrected chi connectivity index (χ3v) is 3.38. The molecular weight excluding hydrogens is 226 g/mol. The molecule has 1 N–H and O–H groups in total. The summed E-state index contributed by atoms with van der Waals surface area (Å²) in [6, 6.07) is 3.27. The molecule has 1 aromatic rings. The highest BCUT2D eigenvalue weighted by molar-refractivity contribution is 5.20. The largest absolute Gasteiger partial charge is 0.390 e. The van der Waals surface area contributed by atoms with E-state index in [1.165, 1.54) is 0 Å². The number of halogens is 2. The average molecular weight is 242 g/mol. The van der Waals surface area contributed by atoms with Gasteiger partial charge in [-0.25, -0.2) is 8.78 Å². The first-order valence-electron chi connectivity index (χ1n) is 5.77. The van der Waals surface area contributed by atoms with E-state index in [-0.39, 0.29) is 12.0 Å². The lowest BCUT2D eigenvalue weighted by atomic mass is 9.90. The van der Waals surface area contributed by atoms with Crippen LogP contribution in [-0.2, 0) is 11.2 Å². The zero-order valence-electron chi connectivity index (χ0n) is 9.75. The summed E-state index contributed by atoms with van der Waals surface area (Å²) in [7, 11) is 0. The van der Waals surface area contributed by atoms with Crippen molar-refractivity contribution in [3.8, 4) is 0 Å². The number of rotatable bonds is 3. The van der Waals surface area contributed by atoms with E-state index in [0.29, 0.717) is 6.61 Å². The minimum absolute atomic E-state index is 0.0695. The van der Waals surface area contributed by atoms with E-state index in [2.05, 4.69) is 0 Å². The van der Waals surface area contributed by atoms with E-state index in [1.54, 1.807) is 0 Å². The van der Waals surface area contributed by atoms with Crippen LogP contribution in [0.1, 0.15) is 25.3 Å². The molecule has 4 heteroatoms. The second kappa shape index (κ2) is 4.70. The molecular formula is C13H16F2O2. The molecule has 0 amide bonds. The van der Waals surface area contributed by atoms with Crippen molar-refractivity contribution in [2.24, 2.45) is 0 Å². The van der Waals surface area contributed by atoms with Gasteiger partial charge in [0.2, 0.25) is 0 Å². The van der Waals surface area contributed by atoms with E-state index in [4.69, 9.17) is 4.74 Å². The lowest BCUT2D eigenvalue weighted by Crippen LogP contribution is -2.40. The fraction of sp³-hybridized carbons (Fsp3) is 0.538. The lowest BCUT2D eigenvalue weighted by Gasteiger charge is -2.29. The lowest BCUT2D eigenvalue weighted by molar-refractivity contribution is -0.0770. The SMILES string of the molecule is CC1(C(O)Cc2cc(F)ccc2F)CCCO1. The Balaban J connectivity index is 2.12. The fourth-order valence-electron chi connectivity index (χ4n) is 2.19. The second-order valence-corrected chi connectivity index (χ2v) is 4.72. The van der Waals surface area contributed by atoms with E-state index in [1.807, 2.05) is 6.92 Å². The number of ether oxygens (including phenoxy) is 1. The summed E-state index contributed by atoms with van der Waals surface area (Å²) < 4.78 is 31.9. The maximum atomic E-state index is 13.4. The molecule has 1 heterocycles. The number of aliphatic hydroxyl groups excluding tert-OH is 1. The van der Waals surface area contributed by atoms with Crippen LogP contribution in [0.15, 0.2) is 18.2 Å². The van der Waals surface area contributed by atoms with E-state index in [9.17, 15) is 13.9 Å². The Labute approximate surface area is 99.2 Å². The van der Waals surface area contributed by atoms with Crippen LogP contribution >= 0.6 is 0 Å². The minimum atomic E-state index is -0.818. The van der Waals surface area contributed by atoms with E-state index in [0.717, 1.165) is 31.0 Å². The molecule has 0 bridgehead atoms. The number of hydrogen-bond donors (Lipinski definition) is 1. The Morgan fingerprint density at radius 2 is 2.24 bits per heavy atom. The smallest absolute Gasteiger partial charge is 0.126 e. The summed E-state index contributed by atoms with van der Waals surface area (Å²) >= 11 is 0. The molecule has 2 unspecified atom stereocenters. The van der Waals surface area contributed by atoms with Crippen LogP contribution in [0.5, 0.6) is 0 Å². The second-order valence-electron chi connectivity index (χ2n) is 4.72. The Bertz CT molecular complexity index is 400. The highest BCUT2D eigenvalue weighted by atomic mass is 19.1. The molecule has 1 aliphatic rings. The van der Waals surface area contributed by atoms with Crippen molar-refractivity contribution >= 4 is 0 Å².